The van der Waals surface area contributed by atoms with Crippen LogP contribution in [0.2, 0.25) is 0 Å². The molecule has 0 radical (unpaired) electrons. The zero-order valence-electron chi connectivity index (χ0n) is 15.9. The molecule has 2 N–H and O–H groups in total. The molecule has 0 atom stereocenters. The third kappa shape index (κ3) is 6.99. The summed E-state index contributed by atoms with van der Waals surface area (Å²) in [5.41, 5.74) is -0.0125. The number of nitrogens with one attached hydrogen (secondary N) is 2. The van der Waals surface area contributed by atoms with Gasteiger partial charge in [-0.2, -0.15) is 0 Å². The second-order valence-corrected chi connectivity index (χ2v) is 6.34. The summed E-state index contributed by atoms with van der Waals surface area (Å²) >= 11 is 0. The highest BCUT2D eigenvalue weighted by atomic mass is 16.6. The molecule has 0 saturated carbocycles. The smallest absolute Gasteiger partial charge is 0.407 e. The van der Waals surface area contributed by atoms with Gasteiger partial charge in [0, 0.05) is 39.3 Å². The van der Waals surface area contributed by atoms with Gasteiger partial charge >= 0.3 is 6.09 Å². The molecule has 11 nitrogen and oxygen atoms in total. The van der Waals surface area contributed by atoms with Crippen molar-refractivity contribution in [1.29, 1.82) is 0 Å². The van der Waals surface area contributed by atoms with Gasteiger partial charge in [0.1, 0.15) is 12.0 Å². The maximum absolute atomic E-state index is 11.5. The van der Waals surface area contributed by atoms with Gasteiger partial charge < -0.3 is 25.2 Å². The number of amides is 2. The molecule has 11 heteroatoms. The molecule has 2 heterocycles. The zero-order chi connectivity index (χ0) is 20.4. The van der Waals surface area contributed by atoms with Crippen LogP contribution in [0.4, 0.5) is 16.3 Å². The predicted octanol–water partition coefficient (Wildman–Crippen LogP) is 0.364. The summed E-state index contributed by atoms with van der Waals surface area (Å²) in [4.78, 5) is 41.4. The molecule has 1 saturated heterocycles. The minimum absolute atomic E-state index is 0.0125. The summed E-state index contributed by atoms with van der Waals surface area (Å²) in [5.74, 6) is 0.389. The Labute approximate surface area is 163 Å². The van der Waals surface area contributed by atoms with Crippen molar-refractivity contribution in [2.45, 2.75) is 12.8 Å². The minimum Gasteiger partial charge on any atom is -0.439 e. The van der Waals surface area contributed by atoms with E-state index >= 15 is 0 Å². The molecule has 2 rings (SSSR count). The van der Waals surface area contributed by atoms with Crippen LogP contribution in [0.15, 0.2) is 18.3 Å². The van der Waals surface area contributed by atoms with Crippen molar-refractivity contribution >= 4 is 23.5 Å². The van der Waals surface area contributed by atoms with E-state index in [4.69, 9.17) is 4.74 Å². The van der Waals surface area contributed by atoms with E-state index in [-0.39, 0.29) is 18.2 Å². The Balaban J connectivity index is 1.67. The fraction of sp³-hybridized carbons (Fsp3) is 0.588. The minimum atomic E-state index is -0.602. The van der Waals surface area contributed by atoms with Crippen molar-refractivity contribution in [2.75, 3.05) is 57.8 Å². The number of anilines is 1. The van der Waals surface area contributed by atoms with Crippen LogP contribution in [0.5, 0.6) is 0 Å². The monoisotopic (exact) mass is 394 g/mol. The van der Waals surface area contributed by atoms with E-state index in [0.29, 0.717) is 6.54 Å². The number of likely N-dealkylation sites (N-methyl/N-ethyl adjacent to an activating group) is 1. The number of nitrogens with zero attached hydrogens (tertiary/aromatic N) is 4. The summed E-state index contributed by atoms with van der Waals surface area (Å²) in [7, 11) is 1.48. The molecule has 1 aromatic heterocycles. The number of aromatic nitrogens is 1. The second kappa shape index (κ2) is 11.0. The molecule has 2 amide bonds. The quantitative estimate of drug-likeness (QED) is 0.367. The van der Waals surface area contributed by atoms with Crippen LogP contribution in [0.3, 0.4) is 0 Å². The van der Waals surface area contributed by atoms with E-state index in [0.717, 1.165) is 51.4 Å². The van der Waals surface area contributed by atoms with Gasteiger partial charge in [0.2, 0.25) is 0 Å². The lowest BCUT2D eigenvalue weighted by atomic mass is 10.3. The standard InChI is InChI=1S/C17H26N6O5/c1-18-16(24)13-28-17(25)19-6-2-7-21-8-3-9-22(11-10-21)15-5-4-14(12-20-15)23(26)27/h4-5,12H,2-3,6-11,13H2,1H3,(H,18,24)(H,19,25). The molecule has 0 aliphatic carbocycles. The first kappa shape index (κ1) is 21.4. The molecule has 0 unspecified atom stereocenters. The second-order valence-electron chi connectivity index (χ2n) is 6.34. The van der Waals surface area contributed by atoms with Crippen LogP contribution in [0.1, 0.15) is 12.8 Å². The molecule has 1 aliphatic rings. The number of alkyl carbamates (subject to hydrolysis) is 1. The van der Waals surface area contributed by atoms with Gasteiger partial charge in [0.25, 0.3) is 11.6 Å². The molecule has 1 fully saturated rings. The normalized spacial score (nSPS) is 14.8. The van der Waals surface area contributed by atoms with Crippen LogP contribution >= 0.6 is 0 Å². The lowest BCUT2D eigenvalue weighted by Gasteiger charge is -2.22. The van der Waals surface area contributed by atoms with Gasteiger partial charge in [0.15, 0.2) is 6.61 Å². The maximum Gasteiger partial charge on any atom is 0.407 e. The van der Waals surface area contributed by atoms with Crippen molar-refractivity contribution < 1.29 is 19.2 Å². The summed E-state index contributed by atoms with van der Waals surface area (Å²) in [6, 6.07) is 3.15. The Kier molecular flexibility index (Phi) is 8.40. The lowest BCUT2D eigenvalue weighted by molar-refractivity contribution is -0.385. The van der Waals surface area contributed by atoms with Gasteiger partial charge in [0.05, 0.1) is 4.92 Å². The largest absolute Gasteiger partial charge is 0.439 e. The number of ether oxygens (including phenoxy) is 1. The molecular weight excluding hydrogens is 368 g/mol. The first-order valence-corrected chi connectivity index (χ1v) is 9.18. The SMILES string of the molecule is CNC(=O)COC(=O)NCCCN1CCCN(c2ccc([N+](=O)[O-])cn2)CC1. The highest BCUT2D eigenvalue weighted by Gasteiger charge is 2.17. The Morgan fingerprint density at radius 3 is 2.79 bits per heavy atom. The molecule has 28 heavy (non-hydrogen) atoms. The molecule has 1 aromatic rings. The number of hydrogen-bond acceptors (Lipinski definition) is 8. The van der Waals surface area contributed by atoms with Crippen LogP contribution in [-0.2, 0) is 9.53 Å². The van der Waals surface area contributed by atoms with E-state index in [1.807, 2.05) is 0 Å². The van der Waals surface area contributed by atoms with Gasteiger partial charge in [-0.1, -0.05) is 0 Å². The van der Waals surface area contributed by atoms with E-state index in [2.05, 4.69) is 25.4 Å². The van der Waals surface area contributed by atoms with Crippen molar-refractivity contribution in [3.8, 4) is 0 Å². The Bertz CT molecular complexity index is 669. The molecule has 1 aliphatic heterocycles. The van der Waals surface area contributed by atoms with Gasteiger partial charge in [-0.15, -0.1) is 0 Å². The Hall–Kier alpha value is -2.95. The van der Waals surface area contributed by atoms with Crippen LogP contribution in [0.25, 0.3) is 0 Å². The lowest BCUT2D eigenvalue weighted by Crippen LogP contribution is -2.34. The fourth-order valence-electron chi connectivity index (χ4n) is 2.84. The summed E-state index contributed by atoms with van der Waals surface area (Å²) in [6.07, 6.45) is 2.41. The number of pyridine rings is 1. The van der Waals surface area contributed by atoms with Crippen molar-refractivity contribution in [2.24, 2.45) is 0 Å². The fourth-order valence-corrected chi connectivity index (χ4v) is 2.84. The third-order valence-corrected chi connectivity index (χ3v) is 4.39. The average molecular weight is 394 g/mol. The van der Waals surface area contributed by atoms with Gasteiger partial charge in [-0.25, -0.2) is 9.78 Å². The number of rotatable bonds is 8. The predicted molar refractivity (Wildman–Crippen MR) is 102 cm³/mol. The number of hydrogen-bond donors (Lipinski definition) is 2. The first-order chi connectivity index (χ1) is 13.5. The summed E-state index contributed by atoms with van der Waals surface area (Å²) in [6.45, 7) is 4.41. The molecular formula is C17H26N6O5. The van der Waals surface area contributed by atoms with Crippen molar-refractivity contribution in [3.63, 3.8) is 0 Å². The topological polar surface area (TPSA) is 130 Å². The molecule has 0 spiro atoms. The molecule has 154 valence electrons. The summed E-state index contributed by atoms with van der Waals surface area (Å²) in [5, 5.41) is 15.7. The molecule has 0 aromatic carbocycles. The average Bonchev–Trinajstić information content (AvgIpc) is 2.95. The molecule has 0 bridgehead atoms. The van der Waals surface area contributed by atoms with E-state index < -0.39 is 11.0 Å². The van der Waals surface area contributed by atoms with Crippen molar-refractivity contribution in [1.82, 2.24) is 20.5 Å². The van der Waals surface area contributed by atoms with E-state index in [9.17, 15) is 19.7 Å². The highest BCUT2D eigenvalue weighted by Crippen LogP contribution is 2.17. The van der Waals surface area contributed by atoms with E-state index in [1.54, 1.807) is 6.07 Å². The summed E-state index contributed by atoms with van der Waals surface area (Å²) < 4.78 is 4.76. The van der Waals surface area contributed by atoms with Crippen LogP contribution in [-0.4, -0.2) is 79.7 Å². The highest BCUT2D eigenvalue weighted by molar-refractivity contribution is 5.79. The Morgan fingerprint density at radius 2 is 2.11 bits per heavy atom. The van der Waals surface area contributed by atoms with Gasteiger partial charge in [-0.05, 0) is 32.0 Å². The van der Waals surface area contributed by atoms with Gasteiger partial charge in [-0.3, -0.25) is 14.9 Å². The Morgan fingerprint density at radius 1 is 1.29 bits per heavy atom. The first-order valence-electron chi connectivity index (χ1n) is 9.18. The number of nitro groups is 1. The van der Waals surface area contributed by atoms with Crippen LogP contribution in [0, 0.1) is 10.1 Å². The maximum atomic E-state index is 11.5. The third-order valence-electron chi connectivity index (χ3n) is 4.39. The zero-order valence-corrected chi connectivity index (χ0v) is 15.9. The van der Waals surface area contributed by atoms with Crippen LogP contribution < -0.4 is 15.5 Å². The van der Waals surface area contributed by atoms with Crippen molar-refractivity contribution in [3.05, 3.63) is 28.4 Å². The number of carbonyl (C=O) groups excluding carboxylic acids is 2. The van der Waals surface area contributed by atoms with E-state index in [1.165, 1.54) is 19.3 Å². The number of carbonyl (C=O) groups is 2.